The van der Waals surface area contributed by atoms with Crippen LogP contribution in [-0.2, 0) is 22.2 Å². The molecular weight excluding hydrogens is 575 g/mol. The number of carbonyl (C=O) groups is 2. The lowest BCUT2D eigenvalue weighted by Crippen LogP contribution is -2.34. The summed E-state index contributed by atoms with van der Waals surface area (Å²) in [7, 11) is 1.53. The van der Waals surface area contributed by atoms with Gasteiger partial charge in [-0.25, -0.2) is 19.6 Å². The van der Waals surface area contributed by atoms with Crippen LogP contribution in [0, 0.1) is 0 Å². The number of nitrogens with one attached hydrogen (secondary N) is 2. The van der Waals surface area contributed by atoms with E-state index in [1.54, 1.807) is 43.5 Å². The van der Waals surface area contributed by atoms with Crippen molar-refractivity contribution in [3.8, 4) is 21.7 Å². The summed E-state index contributed by atoms with van der Waals surface area (Å²) in [6.45, 7) is 5.89. The van der Waals surface area contributed by atoms with Gasteiger partial charge >= 0.3 is 18.2 Å². The number of thiazole rings is 1. The minimum Gasteiger partial charge on any atom is -0.462 e. The third-order valence-electron chi connectivity index (χ3n) is 6.01. The van der Waals surface area contributed by atoms with Gasteiger partial charge in [0.25, 0.3) is 0 Å². The van der Waals surface area contributed by atoms with Crippen molar-refractivity contribution < 1.29 is 32.2 Å². The van der Waals surface area contributed by atoms with E-state index in [-0.39, 0.29) is 40.0 Å². The molecule has 14 heteroatoms. The molecule has 0 bridgehead atoms. The number of hydrogen-bond donors (Lipinski definition) is 2. The highest BCUT2D eigenvalue weighted by molar-refractivity contribution is 7.13. The minimum atomic E-state index is -4.65. The number of carbonyl (C=O) groups excluding carboxylic acids is 2. The summed E-state index contributed by atoms with van der Waals surface area (Å²) < 4.78 is 52.1. The molecule has 10 nitrogen and oxygen atoms in total. The summed E-state index contributed by atoms with van der Waals surface area (Å²) >= 11 is 0.779. The lowest BCUT2D eigenvalue weighted by atomic mass is 9.99. The van der Waals surface area contributed by atoms with E-state index in [0.29, 0.717) is 29.8 Å². The van der Waals surface area contributed by atoms with E-state index in [2.05, 4.69) is 20.6 Å². The number of ether oxygens (including phenoxy) is 2. The first-order valence-electron chi connectivity index (χ1n) is 12.9. The molecule has 42 heavy (non-hydrogen) atoms. The molecule has 3 heterocycles. The van der Waals surface area contributed by atoms with Gasteiger partial charge in [0.1, 0.15) is 16.4 Å². The number of fused-ring (bicyclic) bond motifs is 1. The van der Waals surface area contributed by atoms with Crippen LogP contribution in [0.15, 0.2) is 46.8 Å². The molecule has 4 aromatic rings. The number of esters is 1. The van der Waals surface area contributed by atoms with Crippen LogP contribution in [0.4, 0.5) is 23.8 Å². The maximum absolute atomic E-state index is 13.4. The molecule has 4 rings (SSSR count). The summed E-state index contributed by atoms with van der Waals surface area (Å²) in [5.74, 6) is -0.691. The van der Waals surface area contributed by atoms with Crippen molar-refractivity contribution in [3.63, 3.8) is 0 Å². The van der Waals surface area contributed by atoms with Gasteiger partial charge in [0.15, 0.2) is 5.69 Å². The van der Waals surface area contributed by atoms with Crippen molar-refractivity contribution in [1.29, 1.82) is 0 Å². The Morgan fingerprint density at radius 1 is 1.17 bits per heavy atom. The lowest BCUT2D eigenvalue weighted by Gasteiger charge is -2.15. The fraction of sp³-hybridized carbons (Fsp3) is 0.321. The summed E-state index contributed by atoms with van der Waals surface area (Å²) in [6.07, 6.45) is -1.85. The van der Waals surface area contributed by atoms with Gasteiger partial charge < -0.3 is 19.4 Å². The zero-order valence-corrected chi connectivity index (χ0v) is 24.0. The van der Waals surface area contributed by atoms with E-state index in [9.17, 15) is 27.6 Å². The Hall–Kier alpha value is -4.30. The van der Waals surface area contributed by atoms with Crippen molar-refractivity contribution >= 4 is 40.1 Å². The average Bonchev–Trinajstić information content (AvgIpc) is 3.43. The molecule has 0 aliphatic heterocycles. The topological polar surface area (TPSA) is 124 Å². The fourth-order valence-corrected chi connectivity index (χ4v) is 5.02. The van der Waals surface area contributed by atoms with Crippen LogP contribution in [0.5, 0.6) is 0 Å². The second kappa shape index (κ2) is 12.7. The number of hydrogen-bond acceptors (Lipinski definition) is 8. The number of amides is 2. The van der Waals surface area contributed by atoms with Crippen LogP contribution in [-0.4, -0.2) is 52.9 Å². The van der Waals surface area contributed by atoms with Crippen LogP contribution >= 0.6 is 11.3 Å². The molecule has 0 radical (unpaired) electrons. The zero-order valence-electron chi connectivity index (χ0n) is 23.2. The molecule has 3 aromatic heterocycles. The number of alkyl halides is 3. The Balaban J connectivity index is 1.90. The Kier molecular flexibility index (Phi) is 9.27. The number of rotatable bonds is 9. The van der Waals surface area contributed by atoms with Crippen LogP contribution in [0.1, 0.15) is 36.8 Å². The van der Waals surface area contributed by atoms with Crippen LogP contribution in [0.2, 0.25) is 0 Å². The molecule has 0 aliphatic rings. The molecule has 0 aliphatic carbocycles. The Morgan fingerprint density at radius 2 is 1.93 bits per heavy atom. The predicted octanol–water partition coefficient (Wildman–Crippen LogP) is 5.56. The van der Waals surface area contributed by atoms with Gasteiger partial charge in [-0.15, -0.1) is 11.3 Å². The van der Waals surface area contributed by atoms with E-state index in [4.69, 9.17) is 9.47 Å². The number of urea groups is 1. The minimum absolute atomic E-state index is 0.0323. The number of halogens is 3. The van der Waals surface area contributed by atoms with Crippen molar-refractivity contribution in [3.05, 3.63) is 63.5 Å². The first kappa shape index (κ1) is 30.7. The molecule has 222 valence electrons. The van der Waals surface area contributed by atoms with Gasteiger partial charge in [-0.05, 0) is 44.5 Å². The van der Waals surface area contributed by atoms with E-state index in [0.717, 1.165) is 16.7 Å². The highest BCUT2D eigenvalue weighted by Crippen LogP contribution is 2.39. The molecule has 0 unspecified atom stereocenters. The number of pyridine rings is 2. The highest BCUT2D eigenvalue weighted by Gasteiger charge is 2.34. The van der Waals surface area contributed by atoms with Gasteiger partial charge in [-0.1, -0.05) is 6.07 Å². The Morgan fingerprint density at radius 3 is 2.57 bits per heavy atom. The summed E-state index contributed by atoms with van der Waals surface area (Å²) in [5.41, 5.74) is -0.225. The van der Waals surface area contributed by atoms with Crippen molar-refractivity contribution in [2.45, 2.75) is 39.5 Å². The third-order valence-corrected chi connectivity index (χ3v) is 6.89. The first-order valence-corrected chi connectivity index (χ1v) is 13.7. The van der Waals surface area contributed by atoms with Crippen molar-refractivity contribution in [2.24, 2.45) is 0 Å². The number of methoxy groups -OCH3 is 1. The SMILES string of the molecule is CCOC(=O)c1cn(CCOC)c2ccc(-c3cnc(NC(=O)NC(C)C)cc3-c3nc(C(F)(F)F)cs3)cc2c1=O. The van der Waals surface area contributed by atoms with Crippen molar-refractivity contribution in [2.75, 3.05) is 25.6 Å². The van der Waals surface area contributed by atoms with Gasteiger partial charge in [0.05, 0.1) is 18.7 Å². The predicted molar refractivity (Wildman–Crippen MR) is 153 cm³/mol. The Labute approximate surface area is 242 Å². The number of benzene rings is 1. The zero-order chi connectivity index (χ0) is 30.6. The second-order valence-corrected chi connectivity index (χ2v) is 10.3. The normalized spacial score (nSPS) is 11.6. The quantitative estimate of drug-likeness (QED) is 0.240. The van der Waals surface area contributed by atoms with Gasteiger partial charge in [-0.3, -0.25) is 10.1 Å². The molecule has 1 aromatic carbocycles. The number of aromatic nitrogens is 3. The summed E-state index contributed by atoms with van der Waals surface area (Å²) in [4.78, 5) is 46.4. The highest BCUT2D eigenvalue weighted by atomic mass is 32.1. The molecule has 0 saturated heterocycles. The second-order valence-electron chi connectivity index (χ2n) is 9.41. The number of anilines is 1. The van der Waals surface area contributed by atoms with Crippen LogP contribution in [0.3, 0.4) is 0 Å². The molecule has 0 saturated carbocycles. The molecular formula is C28H28F3N5O5S. The smallest absolute Gasteiger partial charge is 0.434 e. The van der Waals surface area contributed by atoms with E-state index in [1.807, 2.05) is 0 Å². The molecule has 0 spiro atoms. The van der Waals surface area contributed by atoms with E-state index in [1.165, 1.54) is 25.6 Å². The fourth-order valence-electron chi connectivity index (χ4n) is 4.17. The monoisotopic (exact) mass is 603 g/mol. The van der Waals surface area contributed by atoms with Crippen LogP contribution < -0.4 is 16.1 Å². The maximum Gasteiger partial charge on any atom is 0.434 e. The first-order chi connectivity index (χ1) is 19.9. The third kappa shape index (κ3) is 6.77. The standard InChI is InChI=1S/C28H28F3N5O5S/c1-5-41-26(38)20-13-36(8-9-40-4)21-7-6-16(10-18(21)24(20)37)19-12-32-23(35-27(39)33-15(2)3)11-17(19)25-34-22(14-42-25)28(29,30)31/h6-7,10-15H,5,8-9H2,1-4H3,(H2,32,33,35,39). The number of nitrogens with zero attached hydrogens (tertiary/aromatic N) is 3. The van der Waals surface area contributed by atoms with Gasteiger partial charge in [0.2, 0.25) is 5.43 Å². The molecule has 0 atom stereocenters. The largest absolute Gasteiger partial charge is 0.462 e. The van der Waals surface area contributed by atoms with E-state index >= 15 is 0 Å². The van der Waals surface area contributed by atoms with Gasteiger partial charge in [0, 0.05) is 54.0 Å². The summed E-state index contributed by atoms with van der Waals surface area (Å²) in [6, 6.07) is 5.62. The summed E-state index contributed by atoms with van der Waals surface area (Å²) in [5, 5.41) is 6.35. The maximum atomic E-state index is 13.4. The van der Waals surface area contributed by atoms with E-state index < -0.39 is 29.3 Å². The Bertz CT molecular complexity index is 1680. The lowest BCUT2D eigenvalue weighted by molar-refractivity contribution is -0.140. The average molecular weight is 604 g/mol. The van der Waals surface area contributed by atoms with Crippen molar-refractivity contribution in [1.82, 2.24) is 19.9 Å². The molecule has 0 fully saturated rings. The molecule has 2 amide bonds. The molecule has 2 N–H and O–H groups in total. The van der Waals surface area contributed by atoms with Gasteiger partial charge in [-0.2, -0.15) is 13.2 Å². The van der Waals surface area contributed by atoms with Crippen LogP contribution in [0.25, 0.3) is 32.6 Å².